The van der Waals surface area contributed by atoms with Gasteiger partial charge in [-0.3, -0.25) is 4.52 Å². The van der Waals surface area contributed by atoms with Crippen LogP contribution in [0.5, 0.6) is 0 Å². The van der Waals surface area contributed by atoms with Crippen molar-refractivity contribution in [2.24, 2.45) is 0 Å². The first kappa shape index (κ1) is 13.1. The number of para-hydroxylation sites is 1. The summed E-state index contributed by atoms with van der Waals surface area (Å²) in [4.78, 5) is 11.8. The third-order valence-corrected chi connectivity index (χ3v) is 3.91. The summed E-state index contributed by atoms with van der Waals surface area (Å²) in [5, 5.41) is 6.14. The van der Waals surface area contributed by atoms with E-state index in [1.54, 1.807) is 4.68 Å². The van der Waals surface area contributed by atoms with E-state index in [0.717, 1.165) is 5.69 Å². The number of aromatic nitrogens is 2. The molecule has 3 rings (SSSR count). The number of H-pyrrole nitrogens is 1. The molecule has 0 amide bonds. The van der Waals surface area contributed by atoms with E-state index in [1.807, 2.05) is 30.3 Å². The van der Waals surface area contributed by atoms with Crippen LogP contribution in [0, 0.1) is 0 Å². The predicted octanol–water partition coefficient (Wildman–Crippen LogP) is 1.67. The highest BCUT2D eigenvalue weighted by molar-refractivity contribution is 5.21. The van der Waals surface area contributed by atoms with Crippen molar-refractivity contribution in [1.82, 2.24) is 10.6 Å². The minimum atomic E-state index is -0.308. The van der Waals surface area contributed by atoms with Gasteiger partial charge in [-0.25, -0.2) is 4.79 Å². The van der Waals surface area contributed by atoms with Gasteiger partial charge in [-0.05, 0) is 22.8 Å². The fraction of sp³-hybridized carbons (Fsp3) is 0.467. The lowest BCUT2D eigenvalue weighted by Crippen LogP contribution is -2.42. The maximum atomic E-state index is 11.8. The van der Waals surface area contributed by atoms with Gasteiger partial charge in [-0.15, -0.1) is 0 Å². The number of rotatable bonds is 4. The highest BCUT2D eigenvalue weighted by Crippen LogP contribution is 2.17. The van der Waals surface area contributed by atoms with E-state index >= 15 is 0 Å². The molecule has 20 heavy (non-hydrogen) atoms. The second kappa shape index (κ2) is 6.05. The smallest absolute Gasteiger partial charge is 0.304 e. The fourth-order valence-corrected chi connectivity index (χ4v) is 2.78. The van der Waals surface area contributed by atoms with Crippen LogP contribution in [0.1, 0.15) is 37.8 Å². The summed E-state index contributed by atoms with van der Waals surface area (Å²) in [6.45, 7) is 0.533. The number of aromatic amines is 1. The Labute approximate surface area is 117 Å². The Hall–Kier alpha value is -1.88. The molecule has 1 aromatic carbocycles. The predicted molar refractivity (Wildman–Crippen MR) is 74.6 cm³/mol. The summed E-state index contributed by atoms with van der Waals surface area (Å²) < 4.78 is 6.64. The van der Waals surface area contributed by atoms with Crippen LogP contribution in [-0.2, 0) is 6.54 Å². The third-order valence-electron chi connectivity index (χ3n) is 3.91. The van der Waals surface area contributed by atoms with Crippen LogP contribution in [0.15, 0.2) is 39.6 Å². The summed E-state index contributed by atoms with van der Waals surface area (Å²) in [5.41, 5.74) is 1.21. The van der Waals surface area contributed by atoms with Gasteiger partial charge in [0.15, 0.2) is 0 Å². The summed E-state index contributed by atoms with van der Waals surface area (Å²) in [5.74, 6) is 0. The summed E-state index contributed by atoms with van der Waals surface area (Å²) >= 11 is 0. The minimum absolute atomic E-state index is 0.308. The van der Waals surface area contributed by atoms with Gasteiger partial charge >= 0.3 is 11.3 Å². The monoisotopic (exact) mass is 274 g/mol. The van der Waals surface area contributed by atoms with Gasteiger partial charge in [0.05, 0.1) is 6.54 Å². The lowest BCUT2D eigenvalue weighted by atomic mass is 9.95. The topological polar surface area (TPSA) is 61.9 Å². The van der Waals surface area contributed by atoms with Crippen molar-refractivity contribution in [1.29, 1.82) is 0 Å². The zero-order chi connectivity index (χ0) is 13.8. The van der Waals surface area contributed by atoms with Crippen LogP contribution in [0.25, 0.3) is 5.69 Å². The second-order valence-corrected chi connectivity index (χ2v) is 5.31. The molecule has 0 atom stereocenters. The van der Waals surface area contributed by atoms with E-state index in [2.05, 4.69) is 10.6 Å². The molecule has 5 nitrogen and oxygen atoms in total. The molecule has 0 bridgehead atoms. The van der Waals surface area contributed by atoms with Crippen LogP contribution in [-0.4, -0.2) is 11.3 Å². The number of hydrogen-bond donors (Lipinski definition) is 2. The van der Waals surface area contributed by atoms with E-state index in [9.17, 15) is 4.79 Å². The Morgan fingerprint density at radius 2 is 1.95 bits per heavy atom. The molecule has 0 spiro atoms. The van der Waals surface area contributed by atoms with E-state index in [4.69, 9.17) is 4.52 Å². The first-order valence-electron chi connectivity index (χ1n) is 7.26. The molecule has 0 radical (unpaired) electrons. The molecular weight excluding hydrogens is 254 g/mol. The van der Waals surface area contributed by atoms with Crippen molar-refractivity contribution < 1.29 is 9.20 Å². The van der Waals surface area contributed by atoms with E-state index < -0.39 is 0 Å². The highest BCUT2D eigenvalue weighted by Gasteiger charge is 2.24. The lowest BCUT2D eigenvalue weighted by Gasteiger charge is -2.21. The average molecular weight is 274 g/mol. The fourth-order valence-electron chi connectivity index (χ4n) is 2.78. The quantitative estimate of drug-likeness (QED) is 0.834. The first-order valence-corrected chi connectivity index (χ1v) is 7.26. The Bertz CT molecular complexity index is 597. The van der Waals surface area contributed by atoms with Crippen molar-refractivity contribution in [3.8, 4) is 5.69 Å². The van der Waals surface area contributed by atoms with Crippen molar-refractivity contribution in [2.75, 3.05) is 0 Å². The summed E-state index contributed by atoms with van der Waals surface area (Å²) in [6, 6.07) is 10.2. The Morgan fingerprint density at radius 1 is 1.20 bits per heavy atom. The minimum Gasteiger partial charge on any atom is -0.304 e. The van der Waals surface area contributed by atoms with Crippen molar-refractivity contribution >= 4 is 0 Å². The number of nitrogens with zero attached hydrogens (tertiary/aromatic N) is 1. The van der Waals surface area contributed by atoms with E-state index in [0.29, 0.717) is 18.3 Å². The maximum absolute atomic E-state index is 11.8. The van der Waals surface area contributed by atoms with Crippen LogP contribution < -0.4 is 15.6 Å². The van der Waals surface area contributed by atoms with Gasteiger partial charge in [0.2, 0.25) is 5.69 Å². The van der Waals surface area contributed by atoms with Crippen molar-refractivity contribution in [3.05, 3.63) is 46.4 Å². The standard InChI is InChI=1S/C15H19N3O2/c19-15-14(11-16-12-7-3-1-4-8-12)18(17-20-15)13-9-5-2-6-10-13/h2,5-6,9-10,12,16H,1,3-4,7-8,11H2/p+1. The van der Waals surface area contributed by atoms with Gasteiger partial charge in [0, 0.05) is 18.2 Å². The first-order chi connectivity index (χ1) is 9.84. The summed E-state index contributed by atoms with van der Waals surface area (Å²) in [6.07, 6.45) is 6.27. The molecule has 1 aromatic heterocycles. The molecule has 2 N–H and O–H groups in total. The van der Waals surface area contributed by atoms with E-state index in [1.165, 1.54) is 32.1 Å². The average Bonchev–Trinajstić information content (AvgIpc) is 2.88. The molecule has 1 saturated carbocycles. The molecular formula is C15H20N3O2+. The normalized spacial score (nSPS) is 16.4. The Morgan fingerprint density at radius 3 is 2.70 bits per heavy atom. The van der Waals surface area contributed by atoms with Crippen LogP contribution in [0.3, 0.4) is 0 Å². The number of benzene rings is 1. The van der Waals surface area contributed by atoms with Crippen molar-refractivity contribution in [2.45, 2.75) is 44.7 Å². The van der Waals surface area contributed by atoms with Gasteiger partial charge in [-0.2, -0.15) is 0 Å². The molecule has 1 aliphatic rings. The maximum Gasteiger partial charge on any atom is 0.431 e. The van der Waals surface area contributed by atoms with Gasteiger partial charge in [0.25, 0.3) is 0 Å². The summed E-state index contributed by atoms with van der Waals surface area (Å²) in [7, 11) is 0. The van der Waals surface area contributed by atoms with Crippen LogP contribution >= 0.6 is 0 Å². The van der Waals surface area contributed by atoms with Gasteiger partial charge < -0.3 is 5.32 Å². The molecule has 106 valence electrons. The molecule has 5 heteroatoms. The lowest BCUT2D eigenvalue weighted by molar-refractivity contribution is -0.677. The molecule has 2 aromatic rings. The molecule has 0 aliphatic heterocycles. The number of hydrogen-bond acceptors (Lipinski definition) is 3. The molecule has 0 unspecified atom stereocenters. The van der Waals surface area contributed by atoms with Crippen LogP contribution in [0.2, 0.25) is 0 Å². The van der Waals surface area contributed by atoms with E-state index in [-0.39, 0.29) is 5.63 Å². The zero-order valence-corrected chi connectivity index (χ0v) is 11.5. The molecule has 1 fully saturated rings. The third kappa shape index (κ3) is 2.82. The Kier molecular flexibility index (Phi) is 3.97. The van der Waals surface area contributed by atoms with Gasteiger partial charge in [0.1, 0.15) is 0 Å². The second-order valence-electron chi connectivity index (χ2n) is 5.31. The largest absolute Gasteiger partial charge is 0.431 e. The van der Waals surface area contributed by atoms with Gasteiger partial charge in [-0.1, -0.05) is 37.5 Å². The Balaban J connectivity index is 1.76. The zero-order valence-electron chi connectivity index (χ0n) is 11.5. The molecule has 0 saturated heterocycles. The van der Waals surface area contributed by atoms with Crippen molar-refractivity contribution in [3.63, 3.8) is 0 Å². The SMILES string of the molecule is O=c1o[nH][n+](-c2ccccc2)c1CNC1CCCCC1. The number of nitrogens with one attached hydrogen (secondary N) is 2. The van der Waals surface area contributed by atoms with Crippen LogP contribution in [0.4, 0.5) is 0 Å². The molecule has 1 heterocycles. The molecule has 1 aliphatic carbocycles. The highest BCUT2D eigenvalue weighted by atomic mass is 16.5.